The Morgan fingerprint density at radius 2 is 1.84 bits per heavy atom. The van der Waals surface area contributed by atoms with Crippen molar-refractivity contribution in [1.82, 2.24) is 5.43 Å². The molecular formula is C15H16ClFN2. The molecule has 2 aromatic rings. The Morgan fingerprint density at radius 3 is 2.42 bits per heavy atom. The second kappa shape index (κ2) is 5.70. The molecule has 0 aliphatic carbocycles. The van der Waals surface area contributed by atoms with Gasteiger partial charge in [0.2, 0.25) is 0 Å². The van der Waals surface area contributed by atoms with Crippen molar-refractivity contribution in [3.8, 4) is 0 Å². The summed E-state index contributed by atoms with van der Waals surface area (Å²) >= 11 is 6.07. The van der Waals surface area contributed by atoms with Gasteiger partial charge >= 0.3 is 0 Å². The Labute approximate surface area is 117 Å². The van der Waals surface area contributed by atoms with Gasteiger partial charge in [-0.15, -0.1) is 0 Å². The van der Waals surface area contributed by atoms with E-state index in [4.69, 9.17) is 17.4 Å². The van der Waals surface area contributed by atoms with Crippen LogP contribution in [0.3, 0.4) is 0 Å². The Morgan fingerprint density at radius 1 is 1.11 bits per heavy atom. The van der Waals surface area contributed by atoms with E-state index in [-0.39, 0.29) is 11.9 Å². The number of nitrogens with one attached hydrogen (secondary N) is 1. The second-order valence-corrected chi connectivity index (χ2v) is 5.11. The number of halogens is 2. The Kier molecular flexibility index (Phi) is 4.20. The second-order valence-electron chi connectivity index (χ2n) is 4.67. The lowest BCUT2D eigenvalue weighted by atomic mass is 9.96. The first-order valence-corrected chi connectivity index (χ1v) is 6.38. The summed E-state index contributed by atoms with van der Waals surface area (Å²) in [6.45, 7) is 3.70. The Balaban J connectivity index is 2.46. The molecular weight excluding hydrogens is 263 g/mol. The molecule has 1 unspecified atom stereocenters. The molecule has 2 aromatic carbocycles. The molecule has 0 aliphatic heterocycles. The summed E-state index contributed by atoms with van der Waals surface area (Å²) in [4.78, 5) is 0. The lowest BCUT2D eigenvalue weighted by molar-refractivity contribution is 0.607. The number of rotatable bonds is 3. The maximum Gasteiger partial charge on any atom is 0.126 e. The van der Waals surface area contributed by atoms with Gasteiger partial charge in [-0.2, -0.15) is 0 Å². The predicted molar refractivity (Wildman–Crippen MR) is 76.5 cm³/mol. The molecule has 2 nitrogen and oxygen atoms in total. The molecule has 3 N–H and O–H groups in total. The van der Waals surface area contributed by atoms with Crippen LogP contribution in [-0.2, 0) is 0 Å². The van der Waals surface area contributed by atoms with Crippen LogP contribution in [0.1, 0.15) is 28.3 Å². The summed E-state index contributed by atoms with van der Waals surface area (Å²) < 4.78 is 13.3. The molecule has 0 spiro atoms. The van der Waals surface area contributed by atoms with E-state index in [0.717, 1.165) is 16.7 Å². The SMILES string of the molecule is Cc1cc(Cl)cc(C(NN)c2ccc(F)c(C)c2)c1. The molecule has 0 aliphatic rings. The van der Waals surface area contributed by atoms with E-state index in [9.17, 15) is 4.39 Å². The molecule has 0 saturated carbocycles. The standard InChI is InChI=1S/C15H16ClFN2/c1-9-5-12(8-13(16)6-9)15(19-18)11-3-4-14(17)10(2)7-11/h3-8,15,19H,18H2,1-2H3. The molecule has 19 heavy (non-hydrogen) atoms. The van der Waals surface area contributed by atoms with Crippen LogP contribution in [0.25, 0.3) is 0 Å². The van der Waals surface area contributed by atoms with Gasteiger partial charge in [-0.05, 0) is 54.3 Å². The fraction of sp³-hybridized carbons (Fsp3) is 0.200. The van der Waals surface area contributed by atoms with Crippen molar-refractivity contribution in [2.24, 2.45) is 5.84 Å². The van der Waals surface area contributed by atoms with Gasteiger partial charge in [0.25, 0.3) is 0 Å². The Hall–Kier alpha value is -1.42. The minimum absolute atomic E-state index is 0.211. The van der Waals surface area contributed by atoms with Gasteiger partial charge in [0.05, 0.1) is 6.04 Å². The van der Waals surface area contributed by atoms with E-state index in [1.54, 1.807) is 19.1 Å². The van der Waals surface area contributed by atoms with Crippen molar-refractivity contribution in [2.45, 2.75) is 19.9 Å². The fourth-order valence-electron chi connectivity index (χ4n) is 2.16. The van der Waals surface area contributed by atoms with Crippen LogP contribution < -0.4 is 11.3 Å². The molecule has 0 saturated heterocycles. The van der Waals surface area contributed by atoms with E-state index in [0.29, 0.717) is 10.6 Å². The first-order chi connectivity index (χ1) is 9.01. The summed E-state index contributed by atoms with van der Waals surface area (Å²) in [5.41, 5.74) is 6.27. The van der Waals surface area contributed by atoms with E-state index >= 15 is 0 Å². The van der Waals surface area contributed by atoms with Gasteiger partial charge in [-0.1, -0.05) is 29.8 Å². The Bertz CT molecular complexity index is 578. The third kappa shape index (κ3) is 3.13. The van der Waals surface area contributed by atoms with Gasteiger partial charge in [-0.25, -0.2) is 9.82 Å². The van der Waals surface area contributed by atoms with Gasteiger partial charge < -0.3 is 0 Å². The highest BCUT2D eigenvalue weighted by atomic mass is 35.5. The van der Waals surface area contributed by atoms with Crippen molar-refractivity contribution in [3.05, 3.63) is 69.5 Å². The molecule has 0 amide bonds. The van der Waals surface area contributed by atoms with Gasteiger partial charge in [-0.3, -0.25) is 5.84 Å². The number of hydrazine groups is 1. The van der Waals surface area contributed by atoms with Crippen molar-refractivity contribution in [1.29, 1.82) is 0 Å². The normalized spacial score (nSPS) is 12.5. The number of hydrogen-bond acceptors (Lipinski definition) is 2. The average Bonchev–Trinajstić information content (AvgIpc) is 2.33. The smallest absolute Gasteiger partial charge is 0.126 e. The molecule has 0 fully saturated rings. The largest absolute Gasteiger partial charge is 0.271 e. The van der Waals surface area contributed by atoms with Gasteiger partial charge in [0.15, 0.2) is 0 Å². The minimum Gasteiger partial charge on any atom is -0.271 e. The molecule has 0 radical (unpaired) electrons. The summed E-state index contributed by atoms with van der Waals surface area (Å²) in [7, 11) is 0. The number of nitrogens with two attached hydrogens (primary N) is 1. The van der Waals surface area contributed by atoms with Crippen LogP contribution in [0, 0.1) is 19.7 Å². The maximum atomic E-state index is 13.3. The first-order valence-electron chi connectivity index (χ1n) is 6.00. The first kappa shape index (κ1) is 14.0. The third-order valence-corrected chi connectivity index (χ3v) is 3.30. The van der Waals surface area contributed by atoms with Crippen LogP contribution in [-0.4, -0.2) is 0 Å². The molecule has 2 rings (SSSR count). The van der Waals surface area contributed by atoms with Crippen LogP contribution in [0.2, 0.25) is 5.02 Å². The minimum atomic E-state index is -0.221. The van der Waals surface area contributed by atoms with E-state index < -0.39 is 0 Å². The van der Waals surface area contributed by atoms with Crippen molar-refractivity contribution >= 4 is 11.6 Å². The third-order valence-electron chi connectivity index (χ3n) is 3.08. The van der Waals surface area contributed by atoms with E-state index in [1.807, 2.05) is 25.1 Å². The van der Waals surface area contributed by atoms with Crippen molar-refractivity contribution in [3.63, 3.8) is 0 Å². The summed E-state index contributed by atoms with van der Waals surface area (Å²) in [5, 5.41) is 0.661. The average molecular weight is 279 g/mol. The molecule has 1 atom stereocenters. The zero-order valence-electron chi connectivity index (χ0n) is 10.9. The van der Waals surface area contributed by atoms with E-state index in [1.165, 1.54) is 6.07 Å². The molecule has 4 heteroatoms. The molecule has 0 heterocycles. The van der Waals surface area contributed by atoms with Gasteiger partial charge in [0, 0.05) is 5.02 Å². The van der Waals surface area contributed by atoms with Gasteiger partial charge in [0.1, 0.15) is 5.82 Å². The maximum absolute atomic E-state index is 13.3. The molecule has 100 valence electrons. The highest BCUT2D eigenvalue weighted by Gasteiger charge is 2.14. The molecule has 0 bridgehead atoms. The number of hydrogen-bond donors (Lipinski definition) is 2. The summed E-state index contributed by atoms with van der Waals surface area (Å²) in [5.74, 6) is 5.42. The number of aryl methyl sites for hydroxylation is 2. The van der Waals surface area contributed by atoms with E-state index in [2.05, 4.69) is 5.43 Å². The lowest BCUT2D eigenvalue weighted by Gasteiger charge is -2.18. The van der Waals surface area contributed by atoms with Crippen LogP contribution >= 0.6 is 11.6 Å². The monoisotopic (exact) mass is 278 g/mol. The topological polar surface area (TPSA) is 38.0 Å². The van der Waals surface area contributed by atoms with Crippen LogP contribution in [0.15, 0.2) is 36.4 Å². The lowest BCUT2D eigenvalue weighted by Crippen LogP contribution is -2.29. The van der Waals surface area contributed by atoms with Crippen LogP contribution in [0.4, 0.5) is 4.39 Å². The fourth-order valence-corrected chi connectivity index (χ4v) is 2.46. The quantitative estimate of drug-likeness (QED) is 0.664. The zero-order chi connectivity index (χ0) is 14.0. The zero-order valence-corrected chi connectivity index (χ0v) is 11.6. The molecule has 0 aromatic heterocycles. The van der Waals surface area contributed by atoms with Crippen LogP contribution in [0.5, 0.6) is 0 Å². The highest BCUT2D eigenvalue weighted by molar-refractivity contribution is 6.30. The highest BCUT2D eigenvalue weighted by Crippen LogP contribution is 2.26. The summed E-state index contributed by atoms with van der Waals surface area (Å²) in [6, 6.07) is 10.5. The summed E-state index contributed by atoms with van der Waals surface area (Å²) in [6.07, 6.45) is 0. The van der Waals surface area contributed by atoms with Crippen molar-refractivity contribution in [2.75, 3.05) is 0 Å². The van der Waals surface area contributed by atoms with Crippen molar-refractivity contribution < 1.29 is 4.39 Å². The number of benzene rings is 2. The predicted octanol–water partition coefficient (Wildman–Crippen LogP) is 3.65.